The number of fused-ring (bicyclic) bond motifs is 3. The average Bonchev–Trinajstić information content (AvgIpc) is 2.82. The van der Waals surface area contributed by atoms with Gasteiger partial charge in [-0.1, -0.05) is 12.1 Å². The summed E-state index contributed by atoms with van der Waals surface area (Å²) < 4.78 is 5.41. The van der Waals surface area contributed by atoms with E-state index in [2.05, 4.69) is 41.3 Å². The Labute approximate surface area is 154 Å². The number of methoxy groups -OCH3 is 1. The number of aryl methyl sites for hydroxylation is 1. The highest BCUT2D eigenvalue weighted by Crippen LogP contribution is 2.39. The Morgan fingerprint density at radius 2 is 2.15 bits per heavy atom. The zero-order valence-corrected chi connectivity index (χ0v) is 15.6. The van der Waals surface area contributed by atoms with Gasteiger partial charge in [-0.15, -0.1) is 0 Å². The summed E-state index contributed by atoms with van der Waals surface area (Å²) in [5.74, 6) is 1.35. The van der Waals surface area contributed by atoms with Crippen LogP contribution in [-0.2, 0) is 11.2 Å². The number of hydrogen-bond donors (Lipinski definition) is 0. The van der Waals surface area contributed by atoms with Gasteiger partial charge in [0.05, 0.1) is 18.9 Å². The number of allylic oxidation sites excluding steroid dienone is 2. The van der Waals surface area contributed by atoms with Gasteiger partial charge in [-0.3, -0.25) is 10.0 Å². The largest absolute Gasteiger partial charge is 0.497 e. The summed E-state index contributed by atoms with van der Waals surface area (Å²) >= 11 is 0. The number of likely N-dealkylation sites (N-methyl/N-ethyl adjacent to an activating group) is 1. The smallest absolute Gasteiger partial charge is 0.119 e. The molecule has 0 aromatic heterocycles. The second kappa shape index (κ2) is 8.13. The van der Waals surface area contributed by atoms with Crippen LogP contribution < -0.4 is 4.74 Å². The maximum atomic E-state index is 8.81. The second-order valence-corrected chi connectivity index (χ2v) is 6.54. The molecule has 2 heterocycles. The minimum absolute atomic E-state index is 0.332. The number of aliphatic imine (C=N–C) groups is 1. The number of carbonyl (C=O) groups is 1. The number of ether oxygens (including phenoxy) is 1. The molecule has 2 atom stereocenters. The van der Waals surface area contributed by atoms with Gasteiger partial charge in [-0.2, -0.15) is 5.10 Å². The van der Waals surface area contributed by atoms with E-state index in [0.29, 0.717) is 12.0 Å². The topological polar surface area (TPSA) is 54.3 Å². The van der Waals surface area contributed by atoms with Crippen LogP contribution in [0.2, 0.25) is 0 Å². The Balaban J connectivity index is 0.000000613. The van der Waals surface area contributed by atoms with E-state index < -0.39 is 0 Å². The molecule has 0 saturated carbocycles. The molecule has 1 aromatic rings. The highest BCUT2D eigenvalue weighted by atomic mass is 16.5. The maximum absolute atomic E-state index is 8.81. The van der Waals surface area contributed by atoms with Crippen LogP contribution >= 0.6 is 0 Å². The molecule has 2 aliphatic heterocycles. The van der Waals surface area contributed by atoms with Crippen molar-refractivity contribution in [1.29, 1.82) is 0 Å². The van der Waals surface area contributed by atoms with Crippen molar-refractivity contribution in [1.82, 2.24) is 5.01 Å². The number of benzene rings is 1. The fourth-order valence-electron chi connectivity index (χ4n) is 3.94. The Kier molecular flexibility index (Phi) is 5.66. The predicted octanol–water partition coefficient (Wildman–Crippen LogP) is 3.40. The summed E-state index contributed by atoms with van der Waals surface area (Å²) in [7, 11) is 3.80. The molecular formula is C21H25N3O2. The number of nitrogens with zero attached hydrogens (tertiary/aromatic N) is 3. The van der Waals surface area contributed by atoms with Crippen molar-refractivity contribution in [2.45, 2.75) is 32.2 Å². The van der Waals surface area contributed by atoms with E-state index >= 15 is 0 Å². The number of carbonyl (C=O) groups excluding carboxylic acids is 1. The van der Waals surface area contributed by atoms with E-state index in [1.165, 1.54) is 29.3 Å². The highest BCUT2D eigenvalue weighted by molar-refractivity contribution is 6.06. The summed E-state index contributed by atoms with van der Waals surface area (Å²) in [5.41, 5.74) is 5.24. The maximum Gasteiger partial charge on any atom is 0.119 e. The lowest BCUT2D eigenvalue weighted by Crippen LogP contribution is -2.35. The van der Waals surface area contributed by atoms with Gasteiger partial charge in [-0.25, -0.2) is 0 Å². The van der Waals surface area contributed by atoms with Gasteiger partial charge in [-0.05, 0) is 55.5 Å². The third kappa shape index (κ3) is 3.47. The first-order valence-electron chi connectivity index (χ1n) is 8.95. The zero-order valence-electron chi connectivity index (χ0n) is 15.6. The molecule has 0 radical (unpaired) electrons. The van der Waals surface area contributed by atoms with E-state index in [4.69, 9.17) is 14.6 Å². The minimum atomic E-state index is 0.332. The Bertz CT molecular complexity index is 792. The Morgan fingerprint density at radius 3 is 2.92 bits per heavy atom. The molecule has 5 heteroatoms. The van der Waals surface area contributed by atoms with Gasteiger partial charge in [0, 0.05) is 30.9 Å². The van der Waals surface area contributed by atoms with Crippen LogP contribution in [0.5, 0.6) is 5.75 Å². The fourth-order valence-corrected chi connectivity index (χ4v) is 3.94. The van der Waals surface area contributed by atoms with Crippen molar-refractivity contribution in [2.75, 3.05) is 14.2 Å². The summed E-state index contributed by atoms with van der Waals surface area (Å²) in [5, 5.41) is 7.03. The number of hydrazone groups is 1. The molecule has 136 valence electrons. The van der Waals surface area contributed by atoms with Gasteiger partial charge in [0.2, 0.25) is 0 Å². The first-order chi connectivity index (χ1) is 12.7. The van der Waals surface area contributed by atoms with E-state index in [0.717, 1.165) is 31.3 Å². The molecule has 0 spiro atoms. The summed E-state index contributed by atoms with van der Waals surface area (Å²) in [6, 6.07) is 6.70. The molecule has 4 rings (SSSR count). The molecule has 2 unspecified atom stereocenters. The summed E-state index contributed by atoms with van der Waals surface area (Å²) in [4.78, 5) is 13.0. The van der Waals surface area contributed by atoms with Crippen LogP contribution in [0, 0.1) is 5.92 Å². The first-order valence-corrected chi connectivity index (χ1v) is 8.95. The quantitative estimate of drug-likeness (QED) is 0.768. The predicted molar refractivity (Wildman–Crippen MR) is 105 cm³/mol. The SMILES string of the molecule is CC=O.COc1ccc2c(c1)C1=NN(C)C(C3=CC=NC=CC3)C1CC2. The van der Waals surface area contributed by atoms with Crippen molar-refractivity contribution >= 4 is 18.2 Å². The zero-order chi connectivity index (χ0) is 18.5. The second-order valence-electron chi connectivity index (χ2n) is 6.54. The lowest BCUT2D eigenvalue weighted by Gasteiger charge is -2.30. The average molecular weight is 351 g/mol. The van der Waals surface area contributed by atoms with Gasteiger partial charge in [0.1, 0.15) is 12.0 Å². The van der Waals surface area contributed by atoms with Crippen molar-refractivity contribution in [3.63, 3.8) is 0 Å². The van der Waals surface area contributed by atoms with Crippen molar-refractivity contribution in [2.24, 2.45) is 16.0 Å². The molecule has 0 N–H and O–H groups in total. The molecule has 5 nitrogen and oxygen atoms in total. The molecule has 26 heavy (non-hydrogen) atoms. The van der Waals surface area contributed by atoms with Gasteiger partial charge < -0.3 is 9.53 Å². The highest BCUT2D eigenvalue weighted by Gasteiger charge is 2.40. The third-order valence-corrected chi connectivity index (χ3v) is 5.02. The minimum Gasteiger partial charge on any atom is -0.497 e. The van der Waals surface area contributed by atoms with Crippen LogP contribution in [0.3, 0.4) is 0 Å². The lowest BCUT2D eigenvalue weighted by molar-refractivity contribution is -0.106. The lowest BCUT2D eigenvalue weighted by atomic mass is 9.76. The molecule has 3 aliphatic rings. The van der Waals surface area contributed by atoms with Crippen molar-refractivity contribution in [3.8, 4) is 5.75 Å². The molecule has 0 saturated heterocycles. The van der Waals surface area contributed by atoms with Crippen LogP contribution in [0.1, 0.15) is 30.9 Å². The summed E-state index contributed by atoms with van der Waals surface area (Å²) in [6.07, 6.45) is 12.0. The molecule has 0 fully saturated rings. The molecule has 1 aliphatic carbocycles. The van der Waals surface area contributed by atoms with Gasteiger partial charge >= 0.3 is 0 Å². The van der Waals surface area contributed by atoms with Crippen molar-refractivity contribution in [3.05, 3.63) is 53.3 Å². The van der Waals surface area contributed by atoms with E-state index in [1.807, 2.05) is 18.5 Å². The number of aldehydes is 1. The molecule has 0 bridgehead atoms. The summed E-state index contributed by atoms with van der Waals surface area (Å²) in [6.45, 7) is 1.44. The van der Waals surface area contributed by atoms with Gasteiger partial charge in [0.15, 0.2) is 0 Å². The monoisotopic (exact) mass is 351 g/mol. The fraction of sp³-hybridized carbons (Fsp3) is 0.381. The van der Waals surface area contributed by atoms with Crippen molar-refractivity contribution < 1.29 is 9.53 Å². The third-order valence-electron chi connectivity index (χ3n) is 5.02. The van der Waals surface area contributed by atoms with Crippen LogP contribution in [0.25, 0.3) is 0 Å². The normalized spacial score (nSPS) is 23.0. The molecule has 1 aromatic carbocycles. The van der Waals surface area contributed by atoms with E-state index in [9.17, 15) is 0 Å². The number of rotatable bonds is 2. The Morgan fingerprint density at radius 1 is 1.35 bits per heavy atom. The molecular weight excluding hydrogens is 326 g/mol. The molecule has 0 amide bonds. The Hall–Kier alpha value is -2.69. The number of hydrogen-bond acceptors (Lipinski definition) is 5. The standard InChI is InChI=1S/C19H21N3O.C2H4O/c1-22-19(14-4-3-10-20-11-9-14)16-8-6-13-5-7-15(23-2)12-17(13)18(16)21-22;1-2-3/h3,5,7,9-12,16,19H,4,6,8H2,1-2H3;2H,1H3. The first kappa shape index (κ1) is 18.1. The van der Waals surface area contributed by atoms with E-state index in [-0.39, 0.29) is 0 Å². The van der Waals surface area contributed by atoms with E-state index in [1.54, 1.807) is 7.11 Å². The van der Waals surface area contributed by atoms with Crippen LogP contribution in [0.15, 0.2) is 52.2 Å². The van der Waals surface area contributed by atoms with Crippen LogP contribution in [0.4, 0.5) is 0 Å². The van der Waals surface area contributed by atoms with Crippen LogP contribution in [-0.4, -0.2) is 43.4 Å². The van der Waals surface area contributed by atoms with Gasteiger partial charge in [0.25, 0.3) is 0 Å².